The van der Waals surface area contributed by atoms with Crippen LogP contribution in [0.2, 0.25) is 5.02 Å². The molecule has 2 aromatic rings. The standard InChI is InChI=1S/C18H17BrClN3O4S/c1-11-6-7-14(12(19)8-11)26-10-17(25)22-23-18(28)21-16(24)9-27-15-5-3-2-4-13(15)20/h2-8H,9-10H2,1H3,(H,22,25)(H2,21,23,24,28). The Morgan fingerprint density at radius 1 is 1.04 bits per heavy atom. The van der Waals surface area contributed by atoms with E-state index >= 15 is 0 Å². The van der Waals surface area contributed by atoms with Gasteiger partial charge in [0.15, 0.2) is 18.3 Å². The summed E-state index contributed by atoms with van der Waals surface area (Å²) < 4.78 is 11.4. The van der Waals surface area contributed by atoms with Crippen molar-refractivity contribution >= 4 is 56.7 Å². The van der Waals surface area contributed by atoms with Crippen molar-refractivity contribution < 1.29 is 19.1 Å². The molecule has 0 saturated heterocycles. The molecule has 0 fully saturated rings. The molecule has 2 rings (SSSR count). The molecular formula is C18H17BrClN3O4S. The number of hydrogen-bond acceptors (Lipinski definition) is 5. The molecule has 10 heteroatoms. The number of amides is 2. The quantitative estimate of drug-likeness (QED) is 0.430. The highest BCUT2D eigenvalue weighted by atomic mass is 79.9. The number of ether oxygens (including phenoxy) is 2. The number of nitrogens with one attached hydrogen (secondary N) is 3. The van der Waals surface area contributed by atoms with Gasteiger partial charge in [0.1, 0.15) is 11.5 Å². The van der Waals surface area contributed by atoms with E-state index in [1.165, 1.54) is 0 Å². The highest BCUT2D eigenvalue weighted by Gasteiger charge is 2.09. The third-order valence-electron chi connectivity index (χ3n) is 3.21. The Kier molecular flexibility index (Phi) is 8.49. The largest absolute Gasteiger partial charge is 0.483 e. The summed E-state index contributed by atoms with van der Waals surface area (Å²) in [6.07, 6.45) is 0. The van der Waals surface area contributed by atoms with Gasteiger partial charge in [-0.25, -0.2) is 0 Å². The topological polar surface area (TPSA) is 88.7 Å². The second kappa shape index (κ2) is 10.8. The first-order valence-electron chi connectivity index (χ1n) is 8.00. The molecule has 28 heavy (non-hydrogen) atoms. The summed E-state index contributed by atoms with van der Waals surface area (Å²) in [6.45, 7) is 1.42. The minimum absolute atomic E-state index is 0.0855. The van der Waals surface area contributed by atoms with Crippen LogP contribution in [0.1, 0.15) is 5.56 Å². The molecule has 0 aliphatic carbocycles. The van der Waals surface area contributed by atoms with E-state index in [9.17, 15) is 9.59 Å². The van der Waals surface area contributed by atoms with Gasteiger partial charge in [-0.05, 0) is 64.9 Å². The van der Waals surface area contributed by atoms with Crippen LogP contribution >= 0.6 is 39.7 Å². The van der Waals surface area contributed by atoms with Crippen molar-refractivity contribution in [2.24, 2.45) is 0 Å². The summed E-state index contributed by atoms with van der Waals surface area (Å²) in [4.78, 5) is 23.6. The number of carbonyl (C=O) groups is 2. The summed E-state index contributed by atoms with van der Waals surface area (Å²) in [5.74, 6) is -0.0674. The average molecular weight is 487 g/mol. The van der Waals surface area contributed by atoms with E-state index in [1.54, 1.807) is 30.3 Å². The monoisotopic (exact) mass is 485 g/mol. The highest BCUT2D eigenvalue weighted by molar-refractivity contribution is 9.10. The molecule has 0 unspecified atom stereocenters. The zero-order chi connectivity index (χ0) is 20.5. The van der Waals surface area contributed by atoms with Gasteiger partial charge in [-0.3, -0.25) is 25.8 Å². The second-order valence-corrected chi connectivity index (χ2v) is 7.16. The van der Waals surface area contributed by atoms with E-state index in [4.69, 9.17) is 33.3 Å². The molecule has 2 amide bonds. The molecule has 0 atom stereocenters. The number of hydrogen-bond donors (Lipinski definition) is 3. The van der Waals surface area contributed by atoms with Gasteiger partial charge >= 0.3 is 0 Å². The summed E-state index contributed by atoms with van der Waals surface area (Å²) in [5.41, 5.74) is 5.79. The van der Waals surface area contributed by atoms with Crippen LogP contribution in [0, 0.1) is 6.92 Å². The molecule has 3 N–H and O–H groups in total. The van der Waals surface area contributed by atoms with E-state index in [1.807, 2.05) is 19.1 Å². The maximum absolute atomic E-state index is 11.8. The molecule has 0 spiro atoms. The van der Waals surface area contributed by atoms with Crippen molar-refractivity contribution in [2.75, 3.05) is 13.2 Å². The normalized spacial score (nSPS) is 9.96. The Hall–Kier alpha value is -2.36. The number of carbonyl (C=O) groups excluding carboxylic acids is 2. The van der Waals surface area contributed by atoms with Crippen LogP contribution in [0.5, 0.6) is 11.5 Å². The first-order chi connectivity index (χ1) is 13.3. The lowest BCUT2D eigenvalue weighted by atomic mass is 10.2. The van der Waals surface area contributed by atoms with Gasteiger partial charge in [-0.15, -0.1) is 0 Å². The molecule has 2 aromatic carbocycles. The predicted molar refractivity (Wildman–Crippen MR) is 113 cm³/mol. The predicted octanol–water partition coefficient (Wildman–Crippen LogP) is 2.89. The summed E-state index contributed by atoms with van der Waals surface area (Å²) >= 11 is 14.2. The zero-order valence-corrected chi connectivity index (χ0v) is 17.9. The number of para-hydroxylation sites is 1. The van der Waals surface area contributed by atoms with E-state index in [0.29, 0.717) is 16.5 Å². The van der Waals surface area contributed by atoms with Crippen LogP contribution in [-0.4, -0.2) is 30.1 Å². The molecule has 0 saturated carbocycles. The third-order valence-corrected chi connectivity index (χ3v) is 4.35. The fourth-order valence-electron chi connectivity index (χ4n) is 1.93. The van der Waals surface area contributed by atoms with Crippen molar-refractivity contribution in [1.29, 1.82) is 0 Å². The Balaban J connectivity index is 1.67. The zero-order valence-electron chi connectivity index (χ0n) is 14.8. The Bertz CT molecular complexity index is 882. The first-order valence-corrected chi connectivity index (χ1v) is 9.58. The average Bonchev–Trinajstić information content (AvgIpc) is 2.65. The van der Waals surface area contributed by atoms with Gasteiger partial charge in [0.25, 0.3) is 11.8 Å². The summed E-state index contributed by atoms with van der Waals surface area (Å²) in [5, 5.41) is 2.67. The number of benzene rings is 2. The van der Waals surface area contributed by atoms with Gasteiger partial charge in [0.2, 0.25) is 0 Å². The molecule has 0 bridgehead atoms. The minimum atomic E-state index is -0.508. The molecule has 148 valence electrons. The molecule has 7 nitrogen and oxygen atoms in total. The molecule has 0 aliphatic rings. The van der Waals surface area contributed by atoms with Crippen LogP contribution in [0.15, 0.2) is 46.9 Å². The Labute approximate surface area is 180 Å². The smallest absolute Gasteiger partial charge is 0.276 e. The van der Waals surface area contributed by atoms with Crippen LogP contribution in [0.3, 0.4) is 0 Å². The van der Waals surface area contributed by atoms with Gasteiger partial charge in [0, 0.05) is 0 Å². The summed E-state index contributed by atoms with van der Waals surface area (Å²) in [6, 6.07) is 12.3. The van der Waals surface area contributed by atoms with Crippen molar-refractivity contribution in [1.82, 2.24) is 16.2 Å². The maximum Gasteiger partial charge on any atom is 0.276 e. The number of hydrazine groups is 1. The van der Waals surface area contributed by atoms with E-state index in [-0.39, 0.29) is 18.3 Å². The van der Waals surface area contributed by atoms with Crippen LogP contribution < -0.4 is 25.6 Å². The fraction of sp³-hybridized carbons (Fsp3) is 0.167. The van der Waals surface area contributed by atoms with Gasteiger partial charge < -0.3 is 9.47 Å². The van der Waals surface area contributed by atoms with Crippen molar-refractivity contribution in [3.05, 3.63) is 57.5 Å². The van der Waals surface area contributed by atoms with Crippen LogP contribution in [0.4, 0.5) is 0 Å². The van der Waals surface area contributed by atoms with E-state index in [0.717, 1.165) is 10.0 Å². The number of rotatable bonds is 6. The van der Waals surface area contributed by atoms with Crippen molar-refractivity contribution in [3.63, 3.8) is 0 Å². The van der Waals surface area contributed by atoms with Gasteiger partial charge in [0.05, 0.1) is 9.50 Å². The molecule has 0 aromatic heterocycles. The van der Waals surface area contributed by atoms with Crippen LogP contribution in [0.25, 0.3) is 0 Å². The number of halogens is 2. The SMILES string of the molecule is Cc1ccc(OCC(=O)NNC(=S)NC(=O)COc2ccccc2Cl)c(Br)c1. The second-order valence-electron chi connectivity index (χ2n) is 5.49. The van der Waals surface area contributed by atoms with Crippen molar-refractivity contribution in [3.8, 4) is 11.5 Å². The molecule has 0 radical (unpaired) electrons. The lowest BCUT2D eigenvalue weighted by Crippen LogP contribution is -2.50. The number of aryl methyl sites for hydroxylation is 1. The maximum atomic E-state index is 11.8. The summed E-state index contributed by atoms with van der Waals surface area (Å²) in [7, 11) is 0. The number of thiocarbonyl (C=S) groups is 1. The minimum Gasteiger partial charge on any atom is -0.483 e. The van der Waals surface area contributed by atoms with Gasteiger partial charge in [-0.2, -0.15) is 0 Å². The molecule has 0 heterocycles. The Morgan fingerprint density at radius 2 is 1.71 bits per heavy atom. The third kappa shape index (κ3) is 7.34. The van der Waals surface area contributed by atoms with Crippen LogP contribution in [-0.2, 0) is 9.59 Å². The Morgan fingerprint density at radius 3 is 2.43 bits per heavy atom. The first kappa shape index (κ1) is 21.9. The van der Waals surface area contributed by atoms with Gasteiger partial charge in [-0.1, -0.05) is 29.8 Å². The van der Waals surface area contributed by atoms with E-state index < -0.39 is 11.8 Å². The van der Waals surface area contributed by atoms with Crippen molar-refractivity contribution in [2.45, 2.75) is 6.92 Å². The van der Waals surface area contributed by atoms with E-state index in [2.05, 4.69) is 32.1 Å². The molecular weight excluding hydrogens is 470 g/mol. The fourth-order valence-corrected chi connectivity index (χ4v) is 2.89. The lowest BCUT2D eigenvalue weighted by molar-refractivity contribution is -0.124. The lowest BCUT2D eigenvalue weighted by Gasteiger charge is -2.12. The highest BCUT2D eigenvalue weighted by Crippen LogP contribution is 2.25. The molecule has 0 aliphatic heterocycles.